The van der Waals surface area contributed by atoms with E-state index in [1.807, 2.05) is 12.3 Å². The third-order valence-electron chi connectivity index (χ3n) is 2.93. The summed E-state index contributed by atoms with van der Waals surface area (Å²) in [6.07, 6.45) is 1.80. The Morgan fingerprint density at radius 1 is 1.47 bits per heavy atom. The van der Waals surface area contributed by atoms with Crippen molar-refractivity contribution >= 4 is 33.0 Å². The van der Waals surface area contributed by atoms with Crippen LogP contribution in [0.2, 0.25) is 5.02 Å². The minimum Gasteiger partial charge on any atom is -0.293 e. The number of aromatic nitrogens is 3. The molecule has 3 rings (SSSR count). The Morgan fingerprint density at radius 2 is 2.16 bits per heavy atom. The van der Waals surface area contributed by atoms with Gasteiger partial charge in [0.1, 0.15) is 0 Å². The third kappa shape index (κ3) is 2.18. The molecule has 2 aromatic heterocycles. The van der Waals surface area contributed by atoms with E-state index < -0.39 is 10.0 Å². The molecule has 0 spiro atoms. The molecule has 0 radical (unpaired) electrons. The van der Waals surface area contributed by atoms with E-state index in [4.69, 9.17) is 16.7 Å². The number of aryl methyl sites for hydroxylation is 1. The van der Waals surface area contributed by atoms with Gasteiger partial charge < -0.3 is 0 Å². The predicted octanol–water partition coefficient (Wildman–Crippen LogP) is 1.95. The molecule has 2 heterocycles. The van der Waals surface area contributed by atoms with Crippen LogP contribution in [0.4, 0.5) is 0 Å². The molecular formula is C10H11ClN4O2S2. The van der Waals surface area contributed by atoms with Crippen molar-refractivity contribution in [1.82, 2.24) is 14.8 Å². The van der Waals surface area contributed by atoms with Crippen LogP contribution in [-0.2, 0) is 10.0 Å². The van der Waals surface area contributed by atoms with Crippen LogP contribution in [0.15, 0.2) is 10.5 Å². The van der Waals surface area contributed by atoms with Gasteiger partial charge in [-0.2, -0.15) is 0 Å². The second-order valence-corrected chi connectivity index (χ2v) is 7.23. The van der Waals surface area contributed by atoms with Crippen molar-refractivity contribution < 1.29 is 8.42 Å². The molecule has 1 aliphatic carbocycles. The SMILES string of the molecule is Cc1csc(-c2nnc(S(N)(=O)=O)n2C2CC2)c1Cl. The topological polar surface area (TPSA) is 90.9 Å². The number of hydrogen-bond donors (Lipinski definition) is 1. The fraction of sp³-hybridized carbons (Fsp3) is 0.400. The standard InChI is InChI=1S/C10H11ClN4O2S2/c1-5-4-18-8(7(5)11)9-13-14-10(19(12,16)17)15(9)6-2-3-6/h4,6H,2-3H2,1H3,(H2,12,16,17). The zero-order valence-corrected chi connectivity index (χ0v) is 12.4. The molecule has 9 heteroatoms. The number of thiophene rings is 1. The molecule has 2 N–H and O–H groups in total. The Morgan fingerprint density at radius 3 is 2.63 bits per heavy atom. The third-order valence-corrected chi connectivity index (χ3v) is 5.41. The summed E-state index contributed by atoms with van der Waals surface area (Å²) in [5.41, 5.74) is 0.934. The Hall–Kier alpha value is -0.960. The molecule has 1 aliphatic rings. The van der Waals surface area contributed by atoms with Crippen LogP contribution >= 0.6 is 22.9 Å². The average molecular weight is 319 g/mol. The first-order valence-electron chi connectivity index (χ1n) is 5.61. The van der Waals surface area contributed by atoms with Crippen LogP contribution in [-0.4, -0.2) is 23.2 Å². The summed E-state index contributed by atoms with van der Waals surface area (Å²) < 4.78 is 24.7. The molecule has 2 aromatic rings. The number of hydrogen-bond acceptors (Lipinski definition) is 5. The summed E-state index contributed by atoms with van der Waals surface area (Å²) in [4.78, 5) is 0.730. The molecule has 0 saturated heterocycles. The van der Waals surface area contributed by atoms with E-state index in [1.54, 1.807) is 4.57 Å². The van der Waals surface area contributed by atoms with Crippen LogP contribution in [0.3, 0.4) is 0 Å². The summed E-state index contributed by atoms with van der Waals surface area (Å²) in [7, 11) is -3.88. The van der Waals surface area contributed by atoms with Gasteiger partial charge in [0.25, 0.3) is 15.2 Å². The highest BCUT2D eigenvalue weighted by molar-refractivity contribution is 7.89. The van der Waals surface area contributed by atoms with Crippen molar-refractivity contribution in [3.8, 4) is 10.7 Å². The Bertz CT molecular complexity index is 746. The van der Waals surface area contributed by atoms with Gasteiger partial charge in [-0.05, 0) is 30.7 Å². The zero-order chi connectivity index (χ0) is 13.8. The molecular weight excluding hydrogens is 308 g/mol. The maximum Gasteiger partial charge on any atom is 0.273 e. The van der Waals surface area contributed by atoms with Crippen LogP contribution in [0, 0.1) is 6.92 Å². The molecule has 1 saturated carbocycles. The fourth-order valence-electron chi connectivity index (χ4n) is 1.87. The van der Waals surface area contributed by atoms with Gasteiger partial charge in [0.15, 0.2) is 5.82 Å². The minimum absolute atomic E-state index is 0.0943. The minimum atomic E-state index is -3.88. The molecule has 0 atom stereocenters. The summed E-state index contributed by atoms with van der Waals surface area (Å²) in [5.74, 6) is 0.481. The lowest BCUT2D eigenvalue weighted by Gasteiger charge is -2.06. The van der Waals surface area contributed by atoms with Gasteiger partial charge in [0.05, 0.1) is 9.90 Å². The Labute approximate surface area is 119 Å². The van der Waals surface area contributed by atoms with E-state index in [2.05, 4.69) is 10.2 Å². The lowest BCUT2D eigenvalue weighted by atomic mass is 10.3. The maximum absolute atomic E-state index is 11.5. The van der Waals surface area contributed by atoms with Crippen molar-refractivity contribution in [3.05, 3.63) is 16.0 Å². The Balaban J connectivity index is 2.23. The van der Waals surface area contributed by atoms with Crippen molar-refractivity contribution in [1.29, 1.82) is 0 Å². The van der Waals surface area contributed by atoms with Crippen LogP contribution < -0.4 is 5.14 Å². The van der Waals surface area contributed by atoms with E-state index >= 15 is 0 Å². The van der Waals surface area contributed by atoms with E-state index in [-0.39, 0.29) is 11.2 Å². The molecule has 0 aliphatic heterocycles. The number of primary sulfonamides is 1. The first kappa shape index (κ1) is 13.0. The first-order chi connectivity index (χ1) is 8.89. The summed E-state index contributed by atoms with van der Waals surface area (Å²) in [6.45, 7) is 1.89. The smallest absolute Gasteiger partial charge is 0.273 e. The molecule has 19 heavy (non-hydrogen) atoms. The van der Waals surface area contributed by atoms with Crippen molar-refractivity contribution in [2.75, 3.05) is 0 Å². The summed E-state index contributed by atoms with van der Waals surface area (Å²) in [5, 5.41) is 15.2. The highest BCUT2D eigenvalue weighted by Crippen LogP contribution is 2.43. The highest BCUT2D eigenvalue weighted by atomic mass is 35.5. The van der Waals surface area contributed by atoms with Gasteiger partial charge in [-0.25, -0.2) is 13.6 Å². The summed E-state index contributed by atoms with van der Waals surface area (Å²) >= 11 is 7.63. The van der Waals surface area contributed by atoms with Gasteiger partial charge in [0.2, 0.25) is 0 Å². The second kappa shape index (κ2) is 4.27. The molecule has 6 nitrogen and oxygen atoms in total. The molecule has 0 aromatic carbocycles. The number of sulfonamides is 1. The lowest BCUT2D eigenvalue weighted by Crippen LogP contribution is -2.18. The van der Waals surface area contributed by atoms with Gasteiger partial charge in [-0.3, -0.25) is 4.57 Å². The van der Waals surface area contributed by atoms with E-state index in [9.17, 15) is 8.42 Å². The van der Waals surface area contributed by atoms with Crippen molar-refractivity contribution in [3.63, 3.8) is 0 Å². The van der Waals surface area contributed by atoms with Crippen LogP contribution in [0.1, 0.15) is 24.4 Å². The van der Waals surface area contributed by atoms with Gasteiger partial charge >= 0.3 is 0 Å². The summed E-state index contributed by atoms with van der Waals surface area (Å²) in [6, 6.07) is 0.0943. The van der Waals surface area contributed by atoms with E-state index in [0.29, 0.717) is 10.8 Å². The second-order valence-electron chi connectivity index (χ2n) is 4.51. The average Bonchev–Trinajstić information content (AvgIpc) is 2.98. The first-order valence-corrected chi connectivity index (χ1v) is 8.41. The molecule has 1 fully saturated rings. The highest BCUT2D eigenvalue weighted by Gasteiger charge is 2.34. The normalized spacial score (nSPS) is 15.9. The fourth-order valence-corrected chi connectivity index (χ4v) is 3.79. The predicted molar refractivity (Wildman–Crippen MR) is 72.7 cm³/mol. The lowest BCUT2D eigenvalue weighted by molar-refractivity contribution is 0.567. The monoisotopic (exact) mass is 318 g/mol. The van der Waals surface area contributed by atoms with Gasteiger partial charge in [0, 0.05) is 6.04 Å². The molecule has 0 unspecified atom stereocenters. The Kier molecular flexibility index (Phi) is 2.93. The zero-order valence-electron chi connectivity index (χ0n) is 10.00. The van der Waals surface area contributed by atoms with Crippen LogP contribution in [0.25, 0.3) is 10.7 Å². The van der Waals surface area contributed by atoms with Crippen molar-refractivity contribution in [2.45, 2.75) is 31.0 Å². The van der Waals surface area contributed by atoms with Gasteiger partial charge in [-0.15, -0.1) is 21.5 Å². The quantitative estimate of drug-likeness (QED) is 0.936. The molecule has 0 amide bonds. The largest absolute Gasteiger partial charge is 0.293 e. The number of halogens is 1. The maximum atomic E-state index is 11.5. The van der Waals surface area contributed by atoms with Crippen molar-refractivity contribution in [2.24, 2.45) is 5.14 Å². The number of nitrogens with two attached hydrogens (primary N) is 1. The number of nitrogens with zero attached hydrogens (tertiary/aromatic N) is 3. The molecule has 0 bridgehead atoms. The van der Waals surface area contributed by atoms with E-state index in [0.717, 1.165) is 23.3 Å². The van der Waals surface area contributed by atoms with Gasteiger partial charge in [-0.1, -0.05) is 11.6 Å². The molecule has 102 valence electrons. The van der Waals surface area contributed by atoms with E-state index in [1.165, 1.54) is 11.3 Å². The van der Waals surface area contributed by atoms with Crippen LogP contribution in [0.5, 0.6) is 0 Å². The number of rotatable bonds is 3.